The number of para-hydroxylation sites is 2. The molecule has 0 bridgehead atoms. The summed E-state index contributed by atoms with van der Waals surface area (Å²) in [5.41, 5.74) is 0.270. The van der Waals surface area contributed by atoms with Gasteiger partial charge in [-0.3, -0.25) is 14.5 Å². The lowest BCUT2D eigenvalue weighted by Gasteiger charge is -2.52. The molecule has 2 saturated heterocycles. The van der Waals surface area contributed by atoms with Gasteiger partial charge >= 0.3 is 0 Å². The summed E-state index contributed by atoms with van der Waals surface area (Å²) in [4.78, 5) is 36.0. The fraction of sp³-hybridized carbons (Fsp3) is 0.607. The van der Waals surface area contributed by atoms with E-state index in [4.69, 9.17) is 14.5 Å². The van der Waals surface area contributed by atoms with Gasteiger partial charge in [-0.25, -0.2) is 4.98 Å². The van der Waals surface area contributed by atoms with Crippen molar-refractivity contribution in [3.8, 4) is 11.5 Å². The molecule has 2 amide bonds. The average Bonchev–Trinajstić information content (AvgIpc) is 3.36. The van der Waals surface area contributed by atoms with E-state index in [0.29, 0.717) is 38.3 Å². The van der Waals surface area contributed by atoms with E-state index in [2.05, 4.69) is 36.4 Å². The van der Waals surface area contributed by atoms with Gasteiger partial charge in [0.05, 0.1) is 5.69 Å². The monoisotopic (exact) mass is 562 g/mol. The number of carbonyl (C=O) groups is 2. The Morgan fingerprint density at radius 3 is 2.63 bits per heavy atom. The maximum absolute atomic E-state index is 13.5. The number of hydrogen-bond donors (Lipinski definition) is 1. The smallest absolute Gasteiger partial charge is 0.246 e. The van der Waals surface area contributed by atoms with Crippen LogP contribution in [-0.4, -0.2) is 64.4 Å². The van der Waals surface area contributed by atoms with Crippen molar-refractivity contribution in [1.82, 2.24) is 20.1 Å². The van der Waals surface area contributed by atoms with Crippen molar-refractivity contribution < 1.29 is 19.1 Å². The summed E-state index contributed by atoms with van der Waals surface area (Å²) >= 11 is 1.60. The van der Waals surface area contributed by atoms with Gasteiger partial charge in [0.15, 0.2) is 17.6 Å². The molecule has 0 saturated carbocycles. The maximum atomic E-state index is 13.5. The Balaban J connectivity index is 0.00000336. The summed E-state index contributed by atoms with van der Waals surface area (Å²) < 4.78 is 12.0. The van der Waals surface area contributed by atoms with Crippen LogP contribution in [0.1, 0.15) is 69.7 Å². The highest BCUT2D eigenvalue weighted by Crippen LogP contribution is 2.37. The van der Waals surface area contributed by atoms with Crippen molar-refractivity contribution in [3.05, 3.63) is 40.3 Å². The lowest BCUT2D eigenvalue weighted by molar-refractivity contribution is -0.161. The van der Waals surface area contributed by atoms with Gasteiger partial charge in [0.25, 0.3) is 0 Å². The highest BCUT2D eigenvalue weighted by molar-refractivity contribution is 7.09. The van der Waals surface area contributed by atoms with Crippen LogP contribution in [0.4, 0.5) is 0 Å². The number of ether oxygens (including phenoxy) is 2. The van der Waals surface area contributed by atoms with E-state index in [0.717, 1.165) is 54.7 Å². The Labute approximate surface area is 235 Å². The fourth-order valence-corrected chi connectivity index (χ4v) is 6.46. The number of piperazine rings is 1. The van der Waals surface area contributed by atoms with Gasteiger partial charge in [0, 0.05) is 31.6 Å². The molecule has 1 aromatic carbocycles. The number of benzene rings is 1. The molecule has 4 heterocycles. The van der Waals surface area contributed by atoms with Crippen LogP contribution >= 0.6 is 23.7 Å². The van der Waals surface area contributed by atoms with Crippen molar-refractivity contribution in [2.45, 2.75) is 77.1 Å². The first-order chi connectivity index (χ1) is 17.9. The van der Waals surface area contributed by atoms with Crippen LogP contribution in [0, 0.1) is 5.92 Å². The van der Waals surface area contributed by atoms with Gasteiger partial charge in [0.2, 0.25) is 11.8 Å². The second-order valence-electron chi connectivity index (χ2n) is 10.8. The number of aromatic nitrogens is 1. The molecule has 0 aliphatic carbocycles. The molecule has 2 unspecified atom stereocenters. The largest absolute Gasteiger partial charge is 0.485 e. The molecular weight excluding hydrogens is 524 g/mol. The predicted molar refractivity (Wildman–Crippen MR) is 150 cm³/mol. The number of nitrogens with zero attached hydrogens (tertiary/aromatic N) is 3. The molecule has 5 rings (SSSR count). The number of unbranched alkanes of at least 4 members (excludes halogenated alkanes) is 1. The summed E-state index contributed by atoms with van der Waals surface area (Å²) in [6.45, 7) is 9.63. The normalized spacial score (nSPS) is 22.9. The Bertz CT molecular complexity index is 1120. The highest BCUT2D eigenvalue weighted by Gasteiger charge is 2.53. The molecule has 1 aromatic heterocycles. The first-order valence-corrected chi connectivity index (χ1v) is 14.4. The summed E-state index contributed by atoms with van der Waals surface area (Å²) in [6.07, 6.45) is 3.68. The number of thiazole rings is 1. The average molecular weight is 563 g/mol. The summed E-state index contributed by atoms with van der Waals surface area (Å²) in [6, 6.07) is 7.30. The van der Waals surface area contributed by atoms with Gasteiger partial charge < -0.3 is 19.7 Å². The molecule has 2 fully saturated rings. The van der Waals surface area contributed by atoms with Crippen molar-refractivity contribution in [2.75, 3.05) is 26.2 Å². The van der Waals surface area contributed by atoms with Gasteiger partial charge in [-0.15, -0.1) is 23.7 Å². The molecule has 1 spiro atoms. The third-order valence-corrected chi connectivity index (χ3v) is 8.66. The van der Waals surface area contributed by atoms with Crippen molar-refractivity contribution in [1.29, 1.82) is 0 Å². The van der Waals surface area contributed by atoms with E-state index < -0.39 is 11.6 Å². The van der Waals surface area contributed by atoms with Gasteiger partial charge in [-0.2, -0.15) is 0 Å². The molecule has 208 valence electrons. The number of nitrogens with one attached hydrogen (secondary N) is 1. The van der Waals surface area contributed by atoms with Crippen LogP contribution < -0.4 is 14.8 Å². The Hall–Kier alpha value is -2.36. The number of piperidine rings is 1. The van der Waals surface area contributed by atoms with Crippen molar-refractivity contribution >= 4 is 35.6 Å². The fourth-order valence-electron chi connectivity index (χ4n) is 5.64. The summed E-state index contributed by atoms with van der Waals surface area (Å²) in [5, 5.41) is 6.09. The molecule has 38 heavy (non-hydrogen) atoms. The number of rotatable bonds is 8. The number of fused-ring (bicyclic) bond motifs is 1. The predicted octanol–water partition coefficient (Wildman–Crippen LogP) is 4.59. The Morgan fingerprint density at radius 1 is 1.18 bits per heavy atom. The van der Waals surface area contributed by atoms with E-state index in [1.165, 1.54) is 0 Å². The van der Waals surface area contributed by atoms with E-state index in [-0.39, 0.29) is 30.3 Å². The van der Waals surface area contributed by atoms with E-state index in [1.807, 2.05) is 29.2 Å². The maximum Gasteiger partial charge on any atom is 0.246 e. The number of likely N-dealkylation sites (tertiary alicyclic amines) is 1. The zero-order valence-corrected chi connectivity index (χ0v) is 24.1. The van der Waals surface area contributed by atoms with Crippen LogP contribution in [0.25, 0.3) is 0 Å². The quantitative estimate of drug-likeness (QED) is 0.507. The van der Waals surface area contributed by atoms with E-state index in [9.17, 15) is 9.59 Å². The number of amides is 2. The highest BCUT2D eigenvalue weighted by atomic mass is 35.5. The zero-order valence-electron chi connectivity index (χ0n) is 22.5. The van der Waals surface area contributed by atoms with Crippen LogP contribution in [0.2, 0.25) is 0 Å². The summed E-state index contributed by atoms with van der Waals surface area (Å²) in [5.74, 6) is 1.99. The second kappa shape index (κ2) is 12.2. The van der Waals surface area contributed by atoms with Crippen LogP contribution in [-0.2, 0) is 16.1 Å². The van der Waals surface area contributed by atoms with Gasteiger partial charge in [-0.1, -0.05) is 39.3 Å². The lowest BCUT2D eigenvalue weighted by Crippen LogP contribution is -2.73. The van der Waals surface area contributed by atoms with E-state index >= 15 is 0 Å². The third-order valence-electron chi connectivity index (χ3n) is 7.67. The minimum Gasteiger partial charge on any atom is -0.485 e. The topological polar surface area (TPSA) is 84.0 Å². The molecule has 0 radical (unpaired) electrons. The van der Waals surface area contributed by atoms with Crippen molar-refractivity contribution in [2.24, 2.45) is 5.92 Å². The van der Waals surface area contributed by atoms with Crippen LogP contribution in [0.15, 0.2) is 29.6 Å². The third kappa shape index (κ3) is 5.80. The Kier molecular flexibility index (Phi) is 9.21. The van der Waals surface area contributed by atoms with Gasteiger partial charge in [-0.05, 0) is 43.7 Å². The Morgan fingerprint density at radius 2 is 1.92 bits per heavy atom. The van der Waals surface area contributed by atoms with Crippen LogP contribution in [0.5, 0.6) is 11.5 Å². The summed E-state index contributed by atoms with van der Waals surface area (Å²) in [7, 11) is 0. The number of hydrogen-bond acceptors (Lipinski definition) is 7. The number of halogens is 1. The van der Waals surface area contributed by atoms with Gasteiger partial charge in [0.1, 0.15) is 23.2 Å². The molecule has 1 N–H and O–H groups in total. The van der Waals surface area contributed by atoms with Crippen LogP contribution in [0.3, 0.4) is 0 Å². The first kappa shape index (κ1) is 28.6. The zero-order chi connectivity index (χ0) is 26.0. The number of carbonyl (C=O) groups excluding carboxylic acids is 2. The molecule has 10 heteroatoms. The van der Waals surface area contributed by atoms with E-state index in [1.54, 1.807) is 11.3 Å². The molecule has 8 nitrogen and oxygen atoms in total. The first-order valence-electron chi connectivity index (χ1n) is 13.6. The standard InChI is InChI=1S/C28H38N4O4S.ClH/c1-4-5-12-32-26(33)21(15-19(2)3)30-27(34)28(32)10-13-31(14-11-28)16-20-18-37-25(29-20)24-17-35-22-8-6-7-9-23(22)36-24;/h6-9,18-19,21,24H,4-5,10-17H2,1-3H3,(H,30,34);1H. The van der Waals surface area contributed by atoms with Crippen molar-refractivity contribution in [3.63, 3.8) is 0 Å². The molecular formula is C28H39ClN4O4S. The molecule has 3 aliphatic rings. The SMILES string of the molecule is CCCCN1C(=O)C(CC(C)C)NC(=O)C12CCN(Cc1csc(C3COc4ccccc4O3)n1)CC2.Cl. The minimum atomic E-state index is -0.732. The minimum absolute atomic E-state index is 0. The lowest BCUT2D eigenvalue weighted by atomic mass is 9.80. The molecule has 3 aliphatic heterocycles. The second-order valence-corrected chi connectivity index (χ2v) is 11.7. The molecule has 2 atom stereocenters. The molecule has 2 aromatic rings.